The number of fused-ring (bicyclic) bond motifs is 1. The quantitative estimate of drug-likeness (QED) is 0.729. The van der Waals surface area contributed by atoms with Gasteiger partial charge in [-0.25, -0.2) is 0 Å². The highest BCUT2D eigenvalue weighted by Gasteiger charge is 2.08. The number of nitrogens with zero attached hydrogens (tertiary/aromatic N) is 2. The van der Waals surface area contributed by atoms with Crippen LogP contribution in [0.25, 0.3) is 10.9 Å². The Kier molecular flexibility index (Phi) is 3.09. The molecule has 2 aromatic heterocycles. The smallest absolute Gasteiger partial charge is 0.146 e. The van der Waals surface area contributed by atoms with E-state index in [0.717, 1.165) is 22.4 Å². The van der Waals surface area contributed by atoms with Crippen LogP contribution in [0.1, 0.15) is 11.5 Å². The molecule has 0 atom stereocenters. The first-order valence-corrected chi connectivity index (χ1v) is 6.20. The van der Waals surface area contributed by atoms with Crippen LogP contribution in [0.2, 0.25) is 5.02 Å². The molecule has 0 aliphatic rings. The molecule has 1 aromatic carbocycles. The lowest BCUT2D eigenvalue weighted by Gasteiger charge is -2.07. The second-order valence-corrected chi connectivity index (χ2v) is 4.57. The third-order valence-electron chi connectivity index (χ3n) is 2.73. The third kappa shape index (κ3) is 2.39. The van der Waals surface area contributed by atoms with Crippen molar-refractivity contribution >= 4 is 22.5 Å². The van der Waals surface area contributed by atoms with E-state index < -0.39 is 0 Å². The molecular weight excluding hydrogens is 264 g/mol. The molecule has 3 aromatic rings. The van der Waals surface area contributed by atoms with Crippen LogP contribution in [-0.4, -0.2) is 10.1 Å². The molecule has 0 spiro atoms. The summed E-state index contributed by atoms with van der Waals surface area (Å²) in [6.07, 6.45) is 1.71. The van der Waals surface area contributed by atoms with Gasteiger partial charge in [0.2, 0.25) is 0 Å². The minimum atomic E-state index is 0.338. The van der Waals surface area contributed by atoms with E-state index in [2.05, 4.69) is 10.1 Å². The molecule has 0 fully saturated rings. The molecule has 96 valence electrons. The lowest BCUT2D eigenvalue weighted by molar-refractivity contribution is 0.290. The van der Waals surface area contributed by atoms with Gasteiger partial charge in [-0.2, -0.15) is 0 Å². The number of ether oxygens (including phenoxy) is 1. The number of pyridine rings is 1. The van der Waals surface area contributed by atoms with Gasteiger partial charge < -0.3 is 9.26 Å². The number of hydrogen-bond donors (Lipinski definition) is 0. The van der Waals surface area contributed by atoms with E-state index in [-0.39, 0.29) is 0 Å². The summed E-state index contributed by atoms with van der Waals surface area (Å²) in [5.74, 6) is 1.44. The van der Waals surface area contributed by atoms with Gasteiger partial charge in [-0.1, -0.05) is 16.8 Å². The Morgan fingerprint density at radius 1 is 1.32 bits per heavy atom. The topological polar surface area (TPSA) is 48.2 Å². The first-order chi connectivity index (χ1) is 9.24. The number of aromatic nitrogens is 2. The maximum Gasteiger partial charge on any atom is 0.146 e. The summed E-state index contributed by atoms with van der Waals surface area (Å²) >= 11 is 6.13. The Hall–Kier alpha value is -2.07. The Labute approximate surface area is 115 Å². The Morgan fingerprint density at radius 3 is 3.00 bits per heavy atom. The van der Waals surface area contributed by atoms with Crippen molar-refractivity contribution in [2.45, 2.75) is 13.5 Å². The third-order valence-corrected chi connectivity index (χ3v) is 3.06. The molecule has 4 nitrogen and oxygen atoms in total. The standard InChI is InChI=1S/C14H11ClN2O2/c1-9-7-10(17-19-9)8-18-13-5-4-12(15)11-3-2-6-16-14(11)13/h2-7H,8H2,1H3. The fraction of sp³-hybridized carbons (Fsp3) is 0.143. The highest BCUT2D eigenvalue weighted by molar-refractivity contribution is 6.35. The molecule has 0 radical (unpaired) electrons. The second-order valence-electron chi connectivity index (χ2n) is 4.16. The molecule has 19 heavy (non-hydrogen) atoms. The summed E-state index contributed by atoms with van der Waals surface area (Å²) < 4.78 is 10.7. The van der Waals surface area contributed by atoms with Crippen LogP contribution in [0, 0.1) is 6.92 Å². The van der Waals surface area contributed by atoms with Crippen LogP contribution in [0.5, 0.6) is 5.75 Å². The fourth-order valence-electron chi connectivity index (χ4n) is 1.87. The van der Waals surface area contributed by atoms with Gasteiger partial charge in [0.15, 0.2) is 0 Å². The van der Waals surface area contributed by atoms with Gasteiger partial charge in [-0.3, -0.25) is 4.98 Å². The maximum absolute atomic E-state index is 6.13. The first kappa shape index (κ1) is 12.0. The maximum atomic E-state index is 6.13. The van der Waals surface area contributed by atoms with Crippen molar-refractivity contribution in [1.29, 1.82) is 0 Å². The Bertz CT molecular complexity index is 724. The summed E-state index contributed by atoms with van der Waals surface area (Å²) in [5, 5.41) is 5.42. The molecule has 0 aliphatic carbocycles. The predicted octanol–water partition coefficient (Wildman–Crippen LogP) is 3.76. The van der Waals surface area contributed by atoms with Crippen molar-refractivity contribution in [3.05, 3.63) is 53.0 Å². The molecule has 0 amide bonds. The van der Waals surface area contributed by atoms with E-state index in [1.807, 2.05) is 31.2 Å². The molecular formula is C14H11ClN2O2. The normalized spacial score (nSPS) is 10.8. The van der Waals surface area contributed by atoms with Gasteiger partial charge in [0.1, 0.15) is 29.3 Å². The number of halogens is 1. The van der Waals surface area contributed by atoms with E-state index in [1.54, 1.807) is 12.3 Å². The summed E-state index contributed by atoms with van der Waals surface area (Å²) in [6.45, 7) is 2.18. The molecule has 0 saturated carbocycles. The number of rotatable bonds is 3. The average Bonchev–Trinajstić information content (AvgIpc) is 2.84. The molecule has 3 rings (SSSR count). The van der Waals surface area contributed by atoms with E-state index in [1.165, 1.54) is 0 Å². The molecule has 0 saturated heterocycles. The lowest BCUT2D eigenvalue weighted by atomic mass is 10.2. The minimum Gasteiger partial charge on any atom is -0.485 e. The van der Waals surface area contributed by atoms with Crippen LogP contribution >= 0.6 is 11.6 Å². The molecule has 0 unspecified atom stereocenters. The summed E-state index contributed by atoms with van der Waals surface area (Å²) in [6, 6.07) is 9.21. The largest absolute Gasteiger partial charge is 0.485 e. The van der Waals surface area contributed by atoms with E-state index in [0.29, 0.717) is 17.4 Å². The predicted molar refractivity (Wildman–Crippen MR) is 72.3 cm³/mol. The van der Waals surface area contributed by atoms with Crippen LogP contribution in [0.15, 0.2) is 41.1 Å². The molecule has 2 heterocycles. The number of aryl methyl sites for hydroxylation is 1. The van der Waals surface area contributed by atoms with Gasteiger partial charge in [-0.15, -0.1) is 0 Å². The zero-order chi connectivity index (χ0) is 13.2. The van der Waals surface area contributed by atoms with Crippen molar-refractivity contribution in [3.63, 3.8) is 0 Å². The lowest BCUT2D eigenvalue weighted by Crippen LogP contribution is -1.97. The zero-order valence-corrected chi connectivity index (χ0v) is 11.0. The highest BCUT2D eigenvalue weighted by Crippen LogP contribution is 2.29. The molecule has 5 heteroatoms. The van der Waals surface area contributed by atoms with E-state index in [4.69, 9.17) is 20.9 Å². The monoisotopic (exact) mass is 274 g/mol. The van der Waals surface area contributed by atoms with Gasteiger partial charge in [0.05, 0.1) is 5.02 Å². The average molecular weight is 275 g/mol. The summed E-state index contributed by atoms with van der Waals surface area (Å²) in [4.78, 5) is 4.31. The Morgan fingerprint density at radius 2 is 2.21 bits per heavy atom. The van der Waals surface area contributed by atoms with Crippen molar-refractivity contribution in [3.8, 4) is 5.75 Å². The van der Waals surface area contributed by atoms with Crippen molar-refractivity contribution < 1.29 is 9.26 Å². The summed E-state index contributed by atoms with van der Waals surface area (Å²) in [7, 11) is 0. The zero-order valence-electron chi connectivity index (χ0n) is 10.3. The van der Waals surface area contributed by atoms with Crippen molar-refractivity contribution in [1.82, 2.24) is 10.1 Å². The molecule has 0 N–H and O–H groups in total. The van der Waals surface area contributed by atoms with Crippen molar-refractivity contribution in [2.75, 3.05) is 0 Å². The van der Waals surface area contributed by atoms with Crippen LogP contribution in [0.4, 0.5) is 0 Å². The van der Waals surface area contributed by atoms with Crippen LogP contribution in [-0.2, 0) is 6.61 Å². The minimum absolute atomic E-state index is 0.338. The molecule has 0 aliphatic heterocycles. The van der Waals surface area contributed by atoms with E-state index in [9.17, 15) is 0 Å². The van der Waals surface area contributed by atoms with Crippen LogP contribution in [0.3, 0.4) is 0 Å². The SMILES string of the molecule is Cc1cc(COc2ccc(Cl)c3cccnc23)no1. The van der Waals surface area contributed by atoms with E-state index >= 15 is 0 Å². The number of hydrogen-bond acceptors (Lipinski definition) is 4. The van der Waals surface area contributed by atoms with Gasteiger partial charge >= 0.3 is 0 Å². The van der Waals surface area contributed by atoms with Gasteiger partial charge in [0, 0.05) is 17.6 Å². The summed E-state index contributed by atoms with van der Waals surface area (Å²) in [5.41, 5.74) is 1.49. The van der Waals surface area contributed by atoms with Crippen LogP contribution < -0.4 is 4.74 Å². The van der Waals surface area contributed by atoms with Crippen molar-refractivity contribution in [2.24, 2.45) is 0 Å². The second kappa shape index (κ2) is 4.90. The fourth-order valence-corrected chi connectivity index (χ4v) is 2.08. The highest BCUT2D eigenvalue weighted by atomic mass is 35.5. The first-order valence-electron chi connectivity index (χ1n) is 5.82. The van der Waals surface area contributed by atoms with Gasteiger partial charge in [-0.05, 0) is 31.2 Å². The number of benzene rings is 1. The molecule has 0 bridgehead atoms. The Balaban J connectivity index is 1.91. The van der Waals surface area contributed by atoms with Gasteiger partial charge in [0.25, 0.3) is 0 Å².